The molecule has 1 fully saturated rings. The average molecular weight is 391 g/mol. The van der Waals surface area contributed by atoms with Crippen LogP contribution in [0.1, 0.15) is 24.6 Å². The number of methoxy groups -OCH3 is 1. The van der Waals surface area contributed by atoms with E-state index in [2.05, 4.69) is 15.3 Å². The van der Waals surface area contributed by atoms with Crippen molar-refractivity contribution in [2.75, 3.05) is 35.4 Å². The summed E-state index contributed by atoms with van der Waals surface area (Å²) in [7, 11) is -1.34. The molecule has 2 aromatic rings. The second-order valence-electron chi connectivity index (χ2n) is 6.87. The van der Waals surface area contributed by atoms with E-state index < -0.39 is 9.84 Å². The summed E-state index contributed by atoms with van der Waals surface area (Å²) in [6.07, 6.45) is 0.613. The first kappa shape index (κ1) is 19.4. The van der Waals surface area contributed by atoms with E-state index in [0.29, 0.717) is 24.7 Å². The van der Waals surface area contributed by atoms with E-state index in [1.165, 1.54) is 0 Å². The number of benzene rings is 1. The van der Waals surface area contributed by atoms with Gasteiger partial charge >= 0.3 is 0 Å². The molecule has 1 aliphatic heterocycles. The molecule has 0 amide bonds. The molecule has 1 aromatic carbocycles. The molecule has 0 aliphatic carbocycles. The molecule has 1 unspecified atom stereocenters. The topological polar surface area (TPSA) is 84.4 Å². The Morgan fingerprint density at radius 3 is 2.67 bits per heavy atom. The number of nitrogens with zero attached hydrogens (tertiary/aromatic N) is 3. The lowest BCUT2D eigenvalue weighted by Crippen LogP contribution is -2.37. The van der Waals surface area contributed by atoms with Gasteiger partial charge in [0.05, 0.1) is 24.3 Å². The van der Waals surface area contributed by atoms with Crippen molar-refractivity contribution < 1.29 is 13.2 Å². The summed E-state index contributed by atoms with van der Waals surface area (Å²) in [6, 6.07) is 7.68. The standard InChI is InChI=1S/C19H26N4O3S/c1-5-23(15-8-9-27(24,25)12-15)19-20-14(3)11-18(22-19)21-16-10-13(2)6-7-17(16)26-4/h6-7,10-11,15H,5,8-9,12H2,1-4H3,(H,20,21,22). The Labute approximate surface area is 160 Å². The fourth-order valence-electron chi connectivity index (χ4n) is 3.39. The maximum Gasteiger partial charge on any atom is 0.227 e. The van der Waals surface area contributed by atoms with Gasteiger partial charge in [-0.25, -0.2) is 13.4 Å². The van der Waals surface area contributed by atoms with Crippen LogP contribution >= 0.6 is 0 Å². The fourth-order valence-corrected chi connectivity index (χ4v) is 5.12. The van der Waals surface area contributed by atoms with Gasteiger partial charge in [0.1, 0.15) is 11.6 Å². The van der Waals surface area contributed by atoms with Crippen LogP contribution in [0.3, 0.4) is 0 Å². The van der Waals surface area contributed by atoms with E-state index in [9.17, 15) is 8.42 Å². The smallest absolute Gasteiger partial charge is 0.227 e. The number of ether oxygens (including phenoxy) is 1. The zero-order valence-electron chi connectivity index (χ0n) is 16.2. The molecular weight excluding hydrogens is 364 g/mol. The molecule has 0 saturated carbocycles. The average Bonchev–Trinajstić information content (AvgIpc) is 2.95. The first-order valence-corrected chi connectivity index (χ1v) is 10.9. The molecule has 7 nitrogen and oxygen atoms in total. The molecular formula is C19H26N4O3S. The molecule has 1 N–H and O–H groups in total. The van der Waals surface area contributed by atoms with E-state index in [1.54, 1.807) is 7.11 Å². The van der Waals surface area contributed by atoms with Crippen LogP contribution in [0.15, 0.2) is 24.3 Å². The largest absolute Gasteiger partial charge is 0.495 e. The highest BCUT2D eigenvalue weighted by Gasteiger charge is 2.33. The minimum absolute atomic E-state index is 0.0804. The Bertz CT molecular complexity index is 931. The third kappa shape index (κ3) is 4.50. The summed E-state index contributed by atoms with van der Waals surface area (Å²) in [4.78, 5) is 11.2. The zero-order valence-corrected chi connectivity index (χ0v) is 17.0. The molecule has 1 aliphatic rings. The van der Waals surface area contributed by atoms with Gasteiger partial charge in [0.25, 0.3) is 0 Å². The molecule has 8 heteroatoms. The van der Waals surface area contributed by atoms with Gasteiger partial charge in [-0.05, 0) is 44.9 Å². The van der Waals surface area contributed by atoms with Crippen LogP contribution in [0, 0.1) is 13.8 Å². The van der Waals surface area contributed by atoms with Gasteiger partial charge in [0, 0.05) is 24.3 Å². The van der Waals surface area contributed by atoms with Gasteiger partial charge in [-0.1, -0.05) is 6.07 Å². The monoisotopic (exact) mass is 390 g/mol. The van der Waals surface area contributed by atoms with Gasteiger partial charge in [-0.2, -0.15) is 4.98 Å². The number of sulfone groups is 1. The highest BCUT2D eigenvalue weighted by atomic mass is 32.2. The van der Waals surface area contributed by atoms with Gasteiger partial charge < -0.3 is 15.0 Å². The molecule has 1 saturated heterocycles. The summed E-state index contributed by atoms with van der Waals surface area (Å²) in [6.45, 7) is 6.56. The quantitative estimate of drug-likeness (QED) is 0.812. The fraction of sp³-hybridized carbons (Fsp3) is 0.474. The van der Waals surface area contributed by atoms with E-state index in [4.69, 9.17) is 4.74 Å². The molecule has 1 atom stereocenters. The van der Waals surface area contributed by atoms with Crippen molar-refractivity contribution in [3.63, 3.8) is 0 Å². The summed E-state index contributed by atoms with van der Waals surface area (Å²) >= 11 is 0. The maximum absolute atomic E-state index is 11.9. The van der Waals surface area contributed by atoms with E-state index >= 15 is 0 Å². The number of nitrogens with one attached hydrogen (secondary N) is 1. The molecule has 1 aromatic heterocycles. The number of hydrogen-bond acceptors (Lipinski definition) is 7. The Kier molecular flexibility index (Phi) is 5.55. The lowest BCUT2D eigenvalue weighted by Gasteiger charge is -2.27. The van der Waals surface area contributed by atoms with Crippen LogP contribution in [-0.4, -0.2) is 49.6 Å². The van der Waals surface area contributed by atoms with Crippen LogP contribution in [-0.2, 0) is 9.84 Å². The van der Waals surface area contributed by atoms with Crippen molar-refractivity contribution in [2.45, 2.75) is 33.2 Å². The van der Waals surface area contributed by atoms with Crippen LogP contribution in [0.25, 0.3) is 0 Å². The number of rotatable bonds is 6. The Balaban J connectivity index is 1.91. The zero-order chi connectivity index (χ0) is 19.6. The van der Waals surface area contributed by atoms with Gasteiger partial charge in [-0.15, -0.1) is 0 Å². The Morgan fingerprint density at radius 1 is 1.26 bits per heavy atom. The molecule has 0 radical (unpaired) electrons. The molecule has 146 valence electrons. The third-order valence-corrected chi connectivity index (χ3v) is 6.46. The summed E-state index contributed by atoms with van der Waals surface area (Å²) in [5.74, 6) is 2.32. The minimum Gasteiger partial charge on any atom is -0.495 e. The SMILES string of the molecule is CCN(c1nc(C)cc(Nc2cc(C)ccc2OC)n1)C1CCS(=O)(=O)C1. The van der Waals surface area contributed by atoms with Crippen molar-refractivity contribution in [2.24, 2.45) is 0 Å². The first-order valence-electron chi connectivity index (χ1n) is 9.05. The summed E-state index contributed by atoms with van der Waals surface area (Å²) < 4.78 is 29.2. The third-order valence-electron chi connectivity index (χ3n) is 4.71. The van der Waals surface area contributed by atoms with Crippen LogP contribution in [0.4, 0.5) is 17.5 Å². The molecule has 3 rings (SSSR count). The first-order chi connectivity index (χ1) is 12.8. The normalized spacial score (nSPS) is 18.3. The molecule has 27 heavy (non-hydrogen) atoms. The van der Waals surface area contributed by atoms with Gasteiger partial charge in [0.2, 0.25) is 5.95 Å². The lowest BCUT2D eigenvalue weighted by molar-refractivity contribution is 0.416. The Hall–Kier alpha value is -2.35. The van der Waals surface area contributed by atoms with Crippen molar-refractivity contribution in [1.29, 1.82) is 0 Å². The summed E-state index contributed by atoms with van der Waals surface area (Å²) in [5.41, 5.74) is 2.75. The van der Waals surface area contributed by atoms with E-state index in [-0.39, 0.29) is 17.5 Å². The maximum atomic E-state index is 11.9. The molecule has 0 bridgehead atoms. The van der Waals surface area contributed by atoms with Crippen molar-refractivity contribution >= 4 is 27.3 Å². The molecule has 2 heterocycles. The number of aromatic nitrogens is 2. The highest BCUT2D eigenvalue weighted by molar-refractivity contribution is 7.91. The second-order valence-corrected chi connectivity index (χ2v) is 9.09. The number of aryl methyl sites for hydroxylation is 2. The van der Waals surface area contributed by atoms with Gasteiger partial charge in [-0.3, -0.25) is 0 Å². The number of hydrogen-bond donors (Lipinski definition) is 1. The predicted octanol–water partition coefficient (Wildman–Crippen LogP) is 2.86. The minimum atomic E-state index is -2.97. The number of anilines is 3. The Morgan fingerprint density at radius 2 is 2.04 bits per heavy atom. The lowest BCUT2D eigenvalue weighted by atomic mass is 10.2. The molecule has 0 spiro atoms. The van der Waals surface area contributed by atoms with Crippen LogP contribution in [0.5, 0.6) is 5.75 Å². The van der Waals surface area contributed by atoms with Crippen LogP contribution < -0.4 is 15.0 Å². The van der Waals surface area contributed by atoms with E-state index in [0.717, 1.165) is 22.7 Å². The second kappa shape index (κ2) is 7.72. The van der Waals surface area contributed by atoms with Crippen molar-refractivity contribution in [3.05, 3.63) is 35.5 Å². The van der Waals surface area contributed by atoms with Gasteiger partial charge in [0.15, 0.2) is 9.84 Å². The summed E-state index contributed by atoms with van der Waals surface area (Å²) in [5, 5.41) is 3.31. The van der Waals surface area contributed by atoms with Crippen molar-refractivity contribution in [1.82, 2.24) is 9.97 Å². The predicted molar refractivity (Wildman–Crippen MR) is 108 cm³/mol. The van der Waals surface area contributed by atoms with Crippen molar-refractivity contribution in [3.8, 4) is 5.75 Å². The van der Waals surface area contributed by atoms with Crippen LogP contribution in [0.2, 0.25) is 0 Å². The highest BCUT2D eigenvalue weighted by Crippen LogP contribution is 2.29. The van der Waals surface area contributed by atoms with E-state index in [1.807, 2.05) is 49.9 Å².